The predicted molar refractivity (Wildman–Crippen MR) is 105 cm³/mol. The number of anilines is 1. The molecular weight excluding hydrogens is 370 g/mol. The van der Waals surface area contributed by atoms with Crippen molar-refractivity contribution in [3.8, 4) is 0 Å². The Hall–Kier alpha value is -1.29. The standard InChI is InChI=1S/C17H25N5O2S2/c1-2-26(23,24)22-9-7-21(8-10-22)11-14-19-16(18)15-12-5-3-4-6-13(12)25-17(15)20-14/h2-11H2,1H3,(H2,18,19,20). The Bertz CT molecular complexity index is 917. The first kappa shape index (κ1) is 18.1. The summed E-state index contributed by atoms with van der Waals surface area (Å²) >= 11 is 1.76. The van der Waals surface area contributed by atoms with Crippen LogP contribution in [0.3, 0.4) is 0 Å². The van der Waals surface area contributed by atoms with Gasteiger partial charge in [0.1, 0.15) is 16.5 Å². The van der Waals surface area contributed by atoms with Crippen LogP contribution in [0.4, 0.5) is 5.82 Å². The van der Waals surface area contributed by atoms with E-state index in [0.29, 0.717) is 38.5 Å². The van der Waals surface area contributed by atoms with Crippen molar-refractivity contribution in [1.82, 2.24) is 19.2 Å². The average Bonchev–Trinajstić information content (AvgIpc) is 3.01. The van der Waals surface area contributed by atoms with Crippen LogP contribution in [0.2, 0.25) is 0 Å². The lowest BCUT2D eigenvalue weighted by Gasteiger charge is -2.33. The van der Waals surface area contributed by atoms with Gasteiger partial charge in [0.15, 0.2) is 0 Å². The molecule has 0 unspecified atom stereocenters. The second-order valence-electron chi connectivity index (χ2n) is 6.99. The fraction of sp³-hybridized carbons (Fsp3) is 0.647. The number of rotatable bonds is 4. The first-order valence-electron chi connectivity index (χ1n) is 9.24. The van der Waals surface area contributed by atoms with Gasteiger partial charge < -0.3 is 5.73 Å². The summed E-state index contributed by atoms with van der Waals surface area (Å²) in [5, 5.41) is 1.06. The largest absolute Gasteiger partial charge is 0.383 e. The second kappa shape index (κ2) is 7.03. The van der Waals surface area contributed by atoms with E-state index in [0.717, 1.165) is 28.9 Å². The Morgan fingerprint density at radius 3 is 2.58 bits per heavy atom. The number of nitrogens with two attached hydrogens (primary N) is 1. The lowest BCUT2D eigenvalue weighted by Crippen LogP contribution is -2.48. The van der Waals surface area contributed by atoms with Crippen LogP contribution in [-0.2, 0) is 29.4 Å². The van der Waals surface area contributed by atoms with Gasteiger partial charge in [-0.2, -0.15) is 4.31 Å². The molecule has 26 heavy (non-hydrogen) atoms. The molecule has 0 spiro atoms. The summed E-state index contributed by atoms with van der Waals surface area (Å²) in [7, 11) is -3.10. The molecule has 0 atom stereocenters. The Morgan fingerprint density at radius 2 is 1.85 bits per heavy atom. The third-order valence-corrected chi connectivity index (χ3v) is 8.41. The summed E-state index contributed by atoms with van der Waals surface area (Å²) in [5.41, 5.74) is 7.64. The first-order valence-corrected chi connectivity index (χ1v) is 11.7. The number of hydrogen-bond donors (Lipinski definition) is 1. The zero-order chi connectivity index (χ0) is 18.3. The molecule has 0 radical (unpaired) electrons. The normalized spacial score (nSPS) is 19.7. The molecular formula is C17H25N5O2S2. The van der Waals surface area contributed by atoms with Crippen molar-refractivity contribution in [2.24, 2.45) is 0 Å². The quantitative estimate of drug-likeness (QED) is 0.846. The van der Waals surface area contributed by atoms with E-state index in [1.807, 2.05) is 0 Å². The van der Waals surface area contributed by atoms with Crippen molar-refractivity contribution in [2.45, 2.75) is 39.2 Å². The Labute approximate surface area is 158 Å². The van der Waals surface area contributed by atoms with E-state index in [1.54, 1.807) is 22.6 Å². The van der Waals surface area contributed by atoms with Crippen LogP contribution >= 0.6 is 11.3 Å². The smallest absolute Gasteiger partial charge is 0.213 e. The van der Waals surface area contributed by atoms with Crippen molar-refractivity contribution >= 4 is 37.4 Å². The van der Waals surface area contributed by atoms with E-state index in [-0.39, 0.29) is 5.75 Å². The van der Waals surface area contributed by atoms with E-state index in [9.17, 15) is 8.42 Å². The minimum absolute atomic E-state index is 0.159. The molecule has 2 N–H and O–H groups in total. The molecule has 0 amide bonds. The molecule has 1 saturated heterocycles. The molecule has 0 bridgehead atoms. The van der Waals surface area contributed by atoms with Gasteiger partial charge in [-0.25, -0.2) is 18.4 Å². The topological polar surface area (TPSA) is 92.4 Å². The number of nitrogen functional groups attached to an aromatic ring is 1. The number of piperazine rings is 1. The van der Waals surface area contributed by atoms with Crippen LogP contribution in [0.15, 0.2) is 0 Å². The van der Waals surface area contributed by atoms with Crippen LogP contribution in [0.5, 0.6) is 0 Å². The number of nitrogens with zero attached hydrogens (tertiary/aromatic N) is 4. The van der Waals surface area contributed by atoms with E-state index >= 15 is 0 Å². The number of sulfonamides is 1. The minimum atomic E-state index is -3.10. The monoisotopic (exact) mass is 395 g/mol. The van der Waals surface area contributed by atoms with Gasteiger partial charge in [0.25, 0.3) is 0 Å². The van der Waals surface area contributed by atoms with Gasteiger partial charge in [-0.3, -0.25) is 4.90 Å². The molecule has 3 heterocycles. The zero-order valence-electron chi connectivity index (χ0n) is 15.1. The van der Waals surface area contributed by atoms with Crippen LogP contribution in [0, 0.1) is 0 Å². The van der Waals surface area contributed by atoms with Gasteiger partial charge in [-0.15, -0.1) is 11.3 Å². The SMILES string of the molecule is CCS(=O)(=O)N1CCN(Cc2nc(N)c3c4c(sc3n2)CCCC4)CC1. The fourth-order valence-electron chi connectivity index (χ4n) is 3.85. The van der Waals surface area contributed by atoms with Gasteiger partial charge in [0, 0.05) is 31.1 Å². The summed E-state index contributed by atoms with van der Waals surface area (Å²) < 4.78 is 25.5. The summed E-state index contributed by atoms with van der Waals surface area (Å²) in [6.07, 6.45) is 4.66. The maximum Gasteiger partial charge on any atom is 0.213 e. The van der Waals surface area contributed by atoms with Crippen LogP contribution in [0.25, 0.3) is 10.2 Å². The molecule has 7 nitrogen and oxygen atoms in total. The van der Waals surface area contributed by atoms with Crippen LogP contribution < -0.4 is 5.73 Å². The number of fused-ring (bicyclic) bond motifs is 3. The molecule has 2 aliphatic rings. The summed E-state index contributed by atoms with van der Waals surface area (Å²) in [6, 6.07) is 0. The van der Waals surface area contributed by atoms with Crippen LogP contribution in [0.1, 0.15) is 36.0 Å². The lowest BCUT2D eigenvalue weighted by atomic mass is 9.97. The number of aromatic nitrogens is 2. The Balaban J connectivity index is 1.50. The maximum absolute atomic E-state index is 12.0. The average molecular weight is 396 g/mol. The van der Waals surface area contributed by atoms with Crippen molar-refractivity contribution in [3.05, 3.63) is 16.3 Å². The highest BCUT2D eigenvalue weighted by molar-refractivity contribution is 7.89. The third kappa shape index (κ3) is 3.33. The lowest BCUT2D eigenvalue weighted by molar-refractivity contribution is 0.178. The number of thiophene rings is 1. The number of aryl methyl sites for hydroxylation is 2. The van der Waals surface area contributed by atoms with Gasteiger partial charge in [0.2, 0.25) is 10.0 Å². The number of hydrogen-bond acceptors (Lipinski definition) is 7. The minimum Gasteiger partial charge on any atom is -0.383 e. The van der Waals surface area contributed by atoms with Gasteiger partial charge >= 0.3 is 0 Å². The van der Waals surface area contributed by atoms with Crippen LogP contribution in [-0.4, -0.2) is 59.5 Å². The highest BCUT2D eigenvalue weighted by Crippen LogP contribution is 2.37. The van der Waals surface area contributed by atoms with Gasteiger partial charge in [-0.05, 0) is 38.2 Å². The molecule has 1 fully saturated rings. The molecule has 9 heteroatoms. The molecule has 1 aliphatic heterocycles. The molecule has 0 aromatic carbocycles. The summed E-state index contributed by atoms with van der Waals surface area (Å²) in [5.74, 6) is 1.49. The second-order valence-corrected chi connectivity index (χ2v) is 10.3. The molecule has 0 saturated carbocycles. The molecule has 2 aromatic heterocycles. The van der Waals surface area contributed by atoms with Crippen molar-refractivity contribution in [1.29, 1.82) is 0 Å². The Morgan fingerprint density at radius 1 is 1.12 bits per heavy atom. The highest BCUT2D eigenvalue weighted by atomic mass is 32.2. The first-order chi connectivity index (χ1) is 12.5. The van der Waals surface area contributed by atoms with E-state index < -0.39 is 10.0 Å². The van der Waals surface area contributed by atoms with Gasteiger partial charge in [-0.1, -0.05) is 0 Å². The molecule has 1 aliphatic carbocycles. The molecule has 142 valence electrons. The van der Waals surface area contributed by atoms with Crippen molar-refractivity contribution in [3.63, 3.8) is 0 Å². The summed E-state index contributed by atoms with van der Waals surface area (Å²) in [6.45, 7) is 4.75. The molecule has 4 rings (SSSR count). The van der Waals surface area contributed by atoms with E-state index in [4.69, 9.17) is 10.7 Å². The van der Waals surface area contributed by atoms with Crippen molar-refractivity contribution < 1.29 is 8.42 Å². The highest BCUT2D eigenvalue weighted by Gasteiger charge is 2.26. The Kier molecular flexibility index (Phi) is 4.89. The van der Waals surface area contributed by atoms with Gasteiger partial charge in [0.05, 0.1) is 17.7 Å². The van der Waals surface area contributed by atoms with E-state index in [2.05, 4.69) is 9.88 Å². The van der Waals surface area contributed by atoms with E-state index in [1.165, 1.54) is 23.3 Å². The zero-order valence-corrected chi connectivity index (χ0v) is 16.7. The maximum atomic E-state index is 12.0. The van der Waals surface area contributed by atoms with Crippen molar-refractivity contribution in [2.75, 3.05) is 37.7 Å². The molecule has 2 aromatic rings. The fourth-order valence-corrected chi connectivity index (χ4v) is 6.22. The summed E-state index contributed by atoms with van der Waals surface area (Å²) in [4.78, 5) is 14.0. The third-order valence-electron chi connectivity index (χ3n) is 5.34. The predicted octanol–water partition coefficient (Wildman–Crippen LogP) is 1.62.